The highest BCUT2D eigenvalue weighted by Crippen LogP contribution is 2.23. The summed E-state index contributed by atoms with van der Waals surface area (Å²) in [5.74, 6) is -0.215. The van der Waals surface area contributed by atoms with Crippen molar-refractivity contribution in [3.63, 3.8) is 0 Å². The van der Waals surface area contributed by atoms with Crippen LogP contribution in [0.3, 0.4) is 0 Å². The van der Waals surface area contributed by atoms with Gasteiger partial charge in [-0.05, 0) is 54.4 Å². The lowest BCUT2D eigenvalue weighted by Gasteiger charge is -2.23. The number of benzene rings is 2. The molecule has 2 N–H and O–H groups in total. The number of rotatable bonds is 5. The average Bonchev–Trinajstić information content (AvgIpc) is 2.39. The van der Waals surface area contributed by atoms with Crippen molar-refractivity contribution in [3.8, 4) is 0 Å². The Kier molecular flexibility index (Phi) is 5.15. The van der Waals surface area contributed by atoms with Gasteiger partial charge in [0.05, 0.1) is 0 Å². The van der Waals surface area contributed by atoms with E-state index in [0.717, 1.165) is 22.3 Å². The molecule has 0 fully saturated rings. The molecule has 0 aliphatic rings. The minimum absolute atomic E-state index is 0.215. The van der Waals surface area contributed by atoms with Crippen molar-refractivity contribution in [1.29, 1.82) is 0 Å². The zero-order valence-electron chi connectivity index (χ0n) is 11.4. The summed E-state index contributed by atoms with van der Waals surface area (Å²) in [5.41, 5.74) is 8.78. The van der Waals surface area contributed by atoms with Gasteiger partial charge in [-0.3, -0.25) is 0 Å². The van der Waals surface area contributed by atoms with Crippen molar-refractivity contribution in [3.05, 3.63) is 63.9 Å². The molecule has 20 heavy (non-hydrogen) atoms. The van der Waals surface area contributed by atoms with Gasteiger partial charge in [-0.25, -0.2) is 4.39 Å². The van der Waals surface area contributed by atoms with Gasteiger partial charge >= 0.3 is 0 Å². The van der Waals surface area contributed by atoms with Crippen LogP contribution in [0.4, 0.5) is 10.1 Å². The van der Waals surface area contributed by atoms with E-state index in [0.29, 0.717) is 13.0 Å². The van der Waals surface area contributed by atoms with Gasteiger partial charge in [0, 0.05) is 23.8 Å². The molecule has 106 valence electrons. The minimum Gasteiger partial charge on any atom is -0.370 e. The van der Waals surface area contributed by atoms with Crippen LogP contribution in [0.25, 0.3) is 0 Å². The van der Waals surface area contributed by atoms with Crippen LogP contribution in [0, 0.1) is 5.82 Å². The number of hydrogen-bond acceptors (Lipinski definition) is 2. The molecule has 2 nitrogen and oxygen atoms in total. The van der Waals surface area contributed by atoms with Gasteiger partial charge in [-0.1, -0.05) is 28.1 Å². The third-order valence-corrected chi connectivity index (χ3v) is 3.67. The molecule has 0 heterocycles. The Morgan fingerprint density at radius 1 is 1.20 bits per heavy atom. The van der Waals surface area contributed by atoms with E-state index in [1.165, 1.54) is 11.6 Å². The van der Waals surface area contributed by atoms with E-state index in [1.54, 1.807) is 6.07 Å². The highest BCUT2D eigenvalue weighted by molar-refractivity contribution is 9.10. The predicted molar refractivity (Wildman–Crippen MR) is 85.4 cm³/mol. The zero-order valence-corrected chi connectivity index (χ0v) is 13.0. The topological polar surface area (TPSA) is 29.3 Å². The average molecular weight is 337 g/mol. The number of anilines is 1. The van der Waals surface area contributed by atoms with Crippen molar-refractivity contribution < 1.29 is 4.39 Å². The maximum Gasteiger partial charge on any atom is 0.123 e. The third kappa shape index (κ3) is 3.81. The molecule has 2 aromatic carbocycles. The molecule has 4 heteroatoms. The first-order valence-corrected chi connectivity index (χ1v) is 7.33. The van der Waals surface area contributed by atoms with Crippen LogP contribution in [-0.2, 0) is 13.0 Å². The molecule has 0 aliphatic carbocycles. The normalized spacial score (nSPS) is 10.6. The molecule has 0 amide bonds. The van der Waals surface area contributed by atoms with Crippen LogP contribution < -0.4 is 10.6 Å². The van der Waals surface area contributed by atoms with E-state index in [4.69, 9.17) is 5.73 Å². The summed E-state index contributed by atoms with van der Waals surface area (Å²) in [6.45, 7) is 1.28. The van der Waals surface area contributed by atoms with E-state index < -0.39 is 0 Å². The summed E-state index contributed by atoms with van der Waals surface area (Å²) < 4.78 is 14.4. The smallest absolute Gasteiger partial charge is 0.123 e. The first kappa shape index (κ1) is 15.0. The quantitative estimate of drug-likeness (QED) is 0.901. The molecule has 0 unspecified atom stereocenters. The summed E-state index contributed by atoms with van der Waals surface area (Å²) in [6.07, 6.45) is 0.677. The fourth-order valence-electron chi connectivity index (χ4n) is 2.28. The van der Waals surface area contributed by atoms with Crippen LogP contribution in [0.15, 0.2) is 46.9 Å². The SMILES string of the molecule is CN(Cc1cccc(Br)c1)c1ccc(F)cc1CCN. The Labute approximate surface area is 127 Å². The fourth-order valence-corrected chi connectivity index (χ4v) is 2.72. The molecule has 0 aromatic heterocycles. The van der Waals surface area contributed by atoms with E-state index in [2.05, 4.69) is 33.0 Å². The van der Waals surface area contributed by atoms with Crippen LogP contribution in [-0.4, -0.2) is 13.6 Å². The standard InChI is InChI=1S/C16H18BrFN2/c1-20(11-12-3-2-4-14(17)9-12)16-6-5-15(18)10-13(16)7-8-19/h2-6,9-10H,7-8,11,19H2,1H3. The van der Waals surface area contributed by atoms with Crippen molar-refractivity contribution in [2.45, 2.75) is 13.0 Å². The van der Waals surface area contributed by atoms with Crippen molar-refractivity contribution in [2.75, 3.05) is 18.5 Å². The maximum atomic E-state index is 13.3. The molecule has 2 rings (SSSR count). The largest absolute Gasteiger partial charge is 0.370 e. The Morgan fingerprint density at radius 2 is 2.00 bits per heavy atom. The molecular formula is C16H18BrFN2. The molecule has 0 radical (unpaired) electrons. The van der Waals surface area contributed by atoms with Gasteiger partial charge in [0.25, 0.3) is 0 Å². The second kappa shape index (κ2) is 6.86. The van der Waals surface area contributed by atoms with Gasteiger partial charge < -0.3 is 10.6 Å². The van der Waals surface area contributed by atoms with Crippen LogP contribution >= 0.6 is 15.9 Å². The van der Waals surface area contributed by atoms with Crippen molar-refractivity contribution >= 4 is 21.6 Å². The third-order valence-electron chi connectivity index (χ3n) is 3.18. The van der Waals surface area contributed by atoms with Gasteiger partial charge in [0.15, 0.2) is 0 Å². The van der Waals surface area contributed by atoms with E-state index in [-0.39, 0.29) is 5.82 Å². The van der Waals surface area contributed by atoms with Gasteiger partial charge in [0.1, 0.15) is 5.82 Å². The molecule has 0 atom stereocenters. The number of halogens is 2. The second-order valence-electron chi connectivity index (χ2n) is 4.80. The summed E-state index contributed by atoms with van der Waals surface area (Å²) >= 11 is 3.47. The summed E-state index contributed by atoms with van der Waals surface area (Å²) in [7, 11) is 2.01. The van der Waals surface area contributed by atoms with E-state index in [9.17, 15) is 4.39 Å². The molecule has 0 spiro atoms. The lowest BCUT2D eigenvalue weighted by molar-refractivity contribution is 0.625. The number of nitrogens with zero attached hydrogens (tertiary/aromatic N) is 1. The summed E-state index contributed by atoms with van der Waals surface area (Å²) in [5, 5.41) is 0. The minimum atomic E-state index is -0.215. The molecule has 0 aliphatic heterocycles. The second-order valence-corrected chi connectivity index (χ2v) is 5.71. The fraction of sp³-hybridized carbons (Fsp3) is 0.250. The van der Waals surface area contributed by atoms with E-state index in [1.807, 2.05) is 25.2 Å². The van der Waals surface area contributed by atoms with E-state index >= 15 is 0 Å². The highest BCUT2D eigenvalue weighted by atomic mass is 79.9. The van der Waals surface area contributed by atoms with Crippen LogP contribution in [0.5, 0.6) is 0 Å². The first-order valence-electron chi connectivity index (χ1n) is 6.54. The van der Waals surface area contributed by atoms with Crippen molar-refractivity contribution in [1.82, 2.24) is 0 Å². The van der Waals surface area contributed by atoms with Gasteiger partial charge in [0.2, 0.25) is 0 Å². The van der Waals surface area contributed by atoms with Crippen LogP contribution in [0.1, 0.15) is 11.1 Å². The molecule has 2 aromatic rings. The Balaban J connectivity index is 2.22. The zero-order chi connectivity index (χ0) is 14.5. The lowest BCUT2D eigenvalue weighted by atomic mass is 10.1. The maximum absolute atomic E-state index is 13.3. The molecule has 0 saturated carbocycles. The number of hydrogen-bond donors (Lipinski definition) is 1. The van der Waals surface area contributed by atoms with Gasteiger partial charge in [-0.2, -0.15) is 0 Å². The molecule has 0 bridgehead atoms. The van der Waals surface area contributed by atoms with Crippen LogP contribution in [0.2, 0.25) is 0 Å². The number of nitrogens with two attached hydrogens (primary N) is 1. The molecule has 0 saturated heterocycles. The van der Waals surface area contributed by atoms with Gasteiger partial charge in [-0.15, -0.1) is 0 Å². The lowest BCUT2D eigenvalue weighted by Crippen LogP contribution is -2.19. The Bertz CT molecular complexity index is 586. The monoisotopic (exact) mass is 336 g/mol. The Morgan fingerprint density at radius 3 is 2.70 bits per heavy atom. The van der Waals surface area contributed by atoms with Crippen molar-refractivity contribution in [2.24, 2.45) is 5.73 Å². The predicted octanol–water partition coefficient (Wildman–Crippen LogP) is 3.73. The summed E-state index contributed by atoms with van der Waals surface area (Å²) in [4.78, 5) is 2.12. The summed E-state index contributed by atoms with van der Waals surface area (Å²) in [6, 6.07) is 13.1. The molecular weight excluding hydrogens is 319 g/mol. The highest BCUT2D eigenvalue weighted by Gasteiger charge is 2.09. The Hall–Kier alpha value is -1.39. The first-order chi connectivity index (χ1) is 9.60.